The molecule has 0 atom stereocenters. The van der Waals surface area contributed by atoms with Crippen LogP contribution in [0.25, 0.3) is 0 Å². The number of hydrogen-bond donors (Lipinski definition) is 1. The van der Waals surface area contributed by atoms with Gasteiger partial charge >= 0.3 is 0 Å². The first kappa shape index (κ1) is 16.1. The Balaban J connectivity index is 1.57. The number of nitrogens with zero attached hydrogens (tertiary/aromatic N) is 2. The van der Waals surface area contributed by atoms with Gasteiger partial charge in [-0.25, -0.2) is 0 Å². The summed E-state index contributed by atoms with van der Waals surface area (Å²) in [5.74, 6) is 1.09. The molecule has 2 aliphatic rings. The maximum absolute atomic E-state index is 12.8. The van der Waals surface area contributed by atoms with Crippen molar-refractivity contribution in [2.45, 2.75) is 51.6 Å². The number of piperidine rings is 1. The minimum absolute atomic E-state index is 0.167. The van der Waals surface area contributed by atoms with Gasteiger partial charge in [0.15, 0.2) is 0 Å². The van der Waals surface area contributed by atoms with Gasteiger partial charge in [-0.15, -0.1) is 0 Å². The maximum Gasteiger partial charge on any atom is 0.270 e. The summed E-state index contributed by atoms with van der Waals surface area (Å²) in [5.41, 5.74) is 0.797. The molecule has 1 aliphatic heterocycles. The van der Waals surface area contributed by atoms with Gasteiger partial charge in [-0.05, 0) is 74.0 Å². The van der Waals surface area contributed by atoms with E-state index < -0.39 is 0 Å². The molecule has 1 saturated carbocycles. The molecule has 0 spiro atoms. The fraction of sp³-hybridized carbons (Fsp3) is 0.706. The molecule has 0 bridgehead atoms. The van der Waals surface area contributed by atoms with Crippen molar-refractivity contribution in [1.82, 2.24) is 14.8 Å². The van der Waals surface area contributed by atoms with Crippen LogP contribution in [-0.2, 0) is 0 Å². The molecule has 2 fully saturated rings. The zero-order chi connectivity index (χ0) is 15.7. The summed E-state index contributed by atoms with van der Waals surface area (Å²) < 4.78 is 3.04. The standard InChI is InChI=1S/C17H26BrN3O/c1-12(2)21-11-14(18)9-16(21)17(22)20-7-5-15(6-8-20)19-10-13-3-4-13/h9,11-13,15,19H,3-8,10H2,1-2H3. The summed E-state index contributed by atoms with van der Waals surface area (Å²) in [6.45, 7) is 7.11. The summed E-state index contributed by atoms with van der Waals surface area (Å²) >= 11 is 3.49. The topological polar surface area (TPSA) is 37.3 Å². The summed E-state index contributed by atoms with van der Waals surface area (Å²) in [5, 5.41) is 3.67. The van der Waals surface area contributed by atoms with Crippen molar-refractivity contribution in [3.63, 3.8) is 0 Å². The minimum Gasteiger partial charge on any atom is -0.340 e. The number of nitrogens with one attached hydrogen (secondary N) is 1. The van der Waals surface area contributed by atoms with Gasteiger partial charge < -0.3 is 14.8 Å². The first-order valence-corrected chi connectivity index (χ1v) is 9.24. The van der Waals surface area contributed by atoms with E-state index in [-0.39, 0.29) is 5.91 Å². The second kappa shape index (κ2) is 6.75. The molecule has 1 saturated heterocycles. The van der Waals surface area contributed by atoms with Crippen LogP contribution in [0, 0.1) is 5.92 Å². The Hall–Kier alpha value is -0.810. The molecule has 1 aliphatic carbocycles. The SMILES string of the molecule is CC(C)n1cc(Br)cc1C(=O)N1CCC(NCC2CC2)CC1. The number of hydrogen-bond acceptors (Lipinski definition) is 2. The van der Waals surface area contributed by atoms with Crippen LogP contribution in [0.2, 0.25) is 0 Å². The number of aromatic nitrogens is 1. The fourth-order valence-corrected chi connectivity index (χ4v) is 3.59. The number of carbonyl (C=O) groups excluding carboxylic acids is 1. The molecule has 1 N–H and O–H groups in total. The van der Waals surface area contributed by atoms with Gasteiger partial charge in [0.1, 0.15) is 5.69 Å². The summed E-state index contributed by atoms with van der Waals surface area (Å²) in [6, 6.07) is 2.83. The Morgan fingerprint density at radius 3 is 2.59 bits per heavy atom. The smallest absolute Gasteiger partial charge is 0.270 e. The lowest BCUT2D eigenvalue weighted by atomic mass is 10.0. The molecule has 0 aromatic carbocycles. The van der Waals surface area contributed by atoms with Crippen LogP contribution in [0.3, 0.4) is 0 Å². The number of amides is 1. The van der Waals surface area contributed by atoms with E-state index in [0.717, 1.165) is 42.0 Å². The molecule has 3 rings (SSSR count). The van der Waals surface area contributed by atoms with Crippen molar-refractivity contribution < 1.29 is 4.79 Å². The molecule has 5 heteroatoms. The van der Waals surface area contributed by atoms with Crippen molar-refractivity contribution in [2.24, 2.45) is 5.92 Å². The van der Waals surface area contributed by atoms with Gasteiger partial charge in [0.25, 0.3) is 5.91 Å². The molecule has 22 heavy (non-hydrogen) atoms. The second-order valence-corrected chi connectivity index (χ2v) is 7.88. The highest BCUT2D eigenvalue weighted by Crippen LogP contribution is 2.28. The van der Waals surface area contributed by atoms with Crippen LogP contribution < -0.4 is 5.32 Å². The molecular weight excluding hydrogens is 342 g/mol. The van der Waals surface area contributed by atoms with E-state index in [1.807, 2.05) is 17.2 Å². The van der Waals surface area contributed by atoms with Gasteiger partial charge in [0, 0.05) is 35.8 Å². The van der Waals surface area contributed by atoms with Crippen LogP contribution in [0.4, 0.5) is 0 Å². The average molecular weight is 368 g/mol. The zero-order valence-corrected chi connectivity index (χ0v) is 15.1. The molecule has 1 aromatic heterocycles. The van der Waals surface area contributed by atoms with Crippen LogP contribution in [0.1, 0.15) is 56.1 Å². The van der Waals surface area contributed by atoms with E-state index in [2.05, 4.69) is 39.7 Å². The Labute approximate surface area is 141 Å². The molecule has 0 unspecified atom stereocenters. The molecular formula is C17H26BrN3O. The highest BCUT2D eigenvalue weighted by Gasteiger charge is 2.27. The molecule has 1 aromatic rings. The van der Waals surface area contributed by atoms with Gasteiger partial charge in [0.05, 0.1) is 0 Å². The quantitative estimate of drug-likeness (QED) is 0.865. The normalized spacial score (nSPS) is 19.9. The summed E-state index contributed by atoms with van der Waals surface area (Å²) in [7, 11) is 0. The summed E-state index contributed by atoms with van der Waals surface area (Å²) in [4.78, 5) is 14.8. The van der Waals surface area contributed by atoms with Crippen molar-refractivity contribution >= 4 is 21.8 Å². The molecule has 2 heterocycles. The third-order valence-electron chi connectivity index (χ3n) is 4.76. The Bertz CT molecular complexity index is 528. The lowest BCUT2D eigenvalue weighted by Gasteiger charge is -2.33. The van der Waals surface area contributed by atoms with Crippen LogP contribution in [0.5, 0.6) is 0 Å². The van der Waals surface area contributed by atoms with Gasteiger partial charge in [-0.1, -0.05) is 0 Å². The van der Waals surface area contributed by atoms with Crippen LogP contribution in [0.15, 0.2) is 16.7 Å². The van der Waals surface area contributed by atoms with E-state index in [1.54, 1.807) is 0 Å². The van der Waals surface area contributed by atoms with Gasteiger partial charge in [-0.2, -0.15) is 0 Å². The highest BCUT2D eigenvalue weighted by atomic mass is 79.9. The molecule has 122 valence electrons. The fourth-order valence-electron chi connectivity index (χ4n) is 3.15. The first-order valence-electron chi connectivity index (χ1n) is 8.44. The number of likely N-dealkylation sites (tertiary alicyclic amines) is 1. The van der Waals surface area contributed by atoms with E-state index in [9.17, 15) is 4.79 Å². The number of halogens is 1. The Kier molecular flexibility index (Phi) is 4.93. The van der Waals surface area contributed by atoms with Crippen LogP contribution >= 0.6 is 15.9 Å². The largest absolute Gasteiger partial charge is 0.340 e. The predicted octanol–water partition coefficient (Wildman–Crippen LogP) is 3.44. The summed E-state index contributed by atoms with van der Waals surface area (Å²) in [6.07, 6.45) is 6.93. The lowest BCUT2D eigenvalue weighted by molar-refractivity contribution is 0.0692. The Morgan fingerprint density at radius 2 is 2.00 bits per heavy atom. The maximum atomic E-state index is 12.8. The van der Waals surface area contributed by atoms with Crippen LogP contribution in [-0.4, -0.2) is 41.1 Å². The average Bonchev–Trinajstić information content (AvgIpc) is 3.25. The molecule has 0 radical (unpaired) electrons. The van der Waals surface area contributed by atoms with E-state index >= 15 is 0 Å². The first-order chi connectivity index (χ1) is 10.5. The van der Waals surface area contributed by atoms with Crippen molar-refractivity contribution in [2.75, 3.05) is 19.6 Å². The van der Waals surface area contributed by atoms with E-state index in [0.29, 0.717) is 12.1 Å². The highest BCUT2D eigenvalue weighted by molar-refractivity contribution is 9.10. The lowest BCUT2D eigenvalue weighted by Crippen LogP contribution is -2.45. The molecule has 1 amide bonds. The van der Waals surface area contributed by atoms with Gasteiger partial charge in [0.2, 0.25) is 0 Å². The van der Waals surface area contributed by atoms with Gasteiger partial charge in [-0.3, -0.25) is 4.79 Å². The predicted molar refractivity (Wildman–Crippen MR) is 92.2 cm³/mol. The minimum atomic E-state index is 0.167. The zero-order valence-electron chi connectivity index (χ0n) is 13.5. The van der Waals surface area contributed by atoms with E-state index in [4.69, 9.17) is 0 Å². The third kappa shape index (κ3) is 3.74. The number of rotatable bonds is 5. The number of carbonyl (C=O) groups is 1. The Morgan fingerprint density at radius 1 is 1.32 bits per heavy atom. The third-order valence-corrected chi connectivity index (χ3v) is 5.20. The van der Waals surface area contributed by atoms with E-state index in [1.165, 1.54) is 19.4 Å². The second-order valence-electron chi connectivity index (χ2n) is 6.96. The monoisotopic (exact) mass is 367 g/mol. The van der Waals surface area contributed by atoms with Crippen molar-refractivity contribution in [1.29, 1.82) is 0 Å². The molecule has 4 nitrogen and oxygen atoms in total. The van der Waals surface area contributed by atoms with Crippen molar-refractivity contribution in [3.8, 4) is 0 Å². The van der Waals surface area contributed by atoms with Crippen molar-refractivity contribution in [3.05, 3.63) is 22.4 Å².